The first-order valence-corrected chi connectivity index (χ1v) is 7.62. The first-order chi connectivity index (χ1) is 10.9. The Morgan fingerprint density at radius 1 is 1.00 bits per heavy atom. The summed E-state index contributed by atoms with van der Waals surface area (Å²) in [5.41, 5.74) is 14.2. The van der Waals surface area contributed by atoms with Crippen molar-refractivity contribution in [2.45, 2.75) is 19.9 Å². The van der Waals surface area contributed by atoms with Crippen LogP contribution >= 0.6 is 11.6 Å². The summed E-state index contributed by atoms with van der Waals surface area (Å²) in [6.45, 7) is 3.93. The van der Waals surface area contributed by atoms with E-state index in [-0.39, 0.29) is 6.04 Å². The van der Waals surface area contributed by atoms with Crippen LogP contribution in [0.2, 0.25) is 5.02 Å². The molecule has 0 aromatic heterocycles. The van der Waals surface area contributed by atoms with Crippen LogP contribution < -0.4 is 16.8 Å². The molecule has 0 aliphatic heterocycles. The van der Waals surface area contributed by atoms with E-state index in [2.05, 4.69) is 15.3 Å². The average Bonchev–Trinajstić information content (AvgIpc) is 2.49. The molecular weight excluding hydrogens is 310 g/mol. The van der Waals surface area contributed by atoms with Crippen LogP contribution in [0.5, 0.6) is 0 Å². The van der Waals surface area contributed by atoms with Gasteiger partial charge in [0.05, 0.1) is 5.69 Å². The Kier molecular flexibility index (Phi) is 5.60. The van der Waals surface area contributed by atoms with E-state index in [0.717, 1.165) is 16.9 Å². The minimum Gasteiger partial charge on any atom is -0.383 e. The molecular formula is C17H20ClN5. The van der Waals surface area contributed by atoms with Gasteiger partial charge in [0.15, 0.2) is 5.96 Å². The molecule has 23 heavy (non-hydrogen) atoms. The van der Waals surface area contributed by atoms with Gasteiger partial charge in [-0.25, -0.2) is 4.99 Å². The number of nitrogens with one attached hydrogen (secondary N) is 1. The highest BCUT2D eigenvalue weighted by atomic mass is 35.5. The van der Waals surface area contributed by atoms with Crippen molar-refractivity contribution in [1.29, 1.82) is 0 Å². The van der Waals surface area contributed by atoms with Crippen LogP contribution in [0.25, 0.3) is 0 Å². The zero-order valence-corrected chi connectivity index (χ0v) is 13.9. The van der Waals surface area contributed by atoms with Gasteiger partial charge < -0.3 is 16.8 Å². The molecule has 0 atom stereocenters. The average molecular weight is 330 g/mol. The van der Waals surface area contributed by atoms with Crippen molar-refractivity contribution in [3.05, 3.63) is 59.1 Å². The van der Waals surface area contributed by atoms with Crippen molar-refractivity contribution in [3.63, 3.8) is 0 Å². The van der Waals surface area contributed by atoms with Gasteiger partial charge in [-0.3, -0.25) is 4.99 Å². The van der Waals surface area contributed by atoms with Crippen molar-refractivity contribution in [2.75, 3.05) is 5.32 Å². The molecule has 2 aromatic rings. The van der Waals surface area contributed by atoms with Gasteiger partial charge in [-0.2, -0.15) is 0 Å². The lowest BCUT2D eigenvalue weighted by Gasteiger charge is -2.08. The molecule has 0 aliphatic carbocycles. The van der Waals surface area contributed by atoms with Crippen LogP contribution in [0.4, 0.5) is 11.4 Å². The lowest BCUT2D eigenvalue weighted by molar-refractivity contribution is 0.833. The summed E-state index contributed by atoms with van der Waals surface area (Å²) in [4.78, 5) is 8.58. The quantitative estimate of drug-likeness (QED) is 0.592. The second-order valence-electron chi connectivity index (χ2n) is 5.28. The fraction of sp³-hybridized carbons (Fsp3) is 0.176. The Hall–Kier alpha value is -2.53. The maximum atomic E-state index is 6.03. The van der Waals surface area contributed by atoms with E-state index in [1.165, 1.54) is 0 Å². The van der Waals surface area contributed by atoms with Crippen LogP contribution in [-0.2, 0) is 0 Å². The summed E-state index contributed by atoms with van der Waals surface area (Å²) in [6.07, 6.45) is 0. The SMILES string of the molecule is CC(C)N=C(N)Nc1ccc(C(N)=Nc2ccc(Cl)cc2)cc1. The fourth-order valence-corrected chi connectivity index (χ4v) is 2.03. The van der Waals surface area contributed by atoms with Crippen LogP contribution in [-0.4, -0.2) is 17.8 Å². The smallest absolute Gasteiger partial charge is 0.193 e. The van der Waals surface area contributed by atoms with Crippen molar-refractivity contribution < 1.29 is 0 Å². The summed E-state index contributed by atoms with van der Waals surface area (Å²) in [5.74, 6) is 0.818. The van der Waals surface area contributed by atoms with Crippen LogP contribution in [0.3, 0.4) is 0 Å². The third-order valence-electron chi connectivity index (χ3n) is 2.93. The number of nitrogens with two attached hydrogens (primary N) is 2. The lowest BCUT2D eigenvalue weighted by atomic mass is 10.2. The summed E-state index contributed by atoms with van der Waals surface area (Å²) < 4.78 is 0. The number of rotatable bonds is 4. The molecule has 0 fully saturated rings. The molecule has 0 unspecified atom stereocenters. The number of nitrogens with zero attached hydrogens (tertiary/aromatic N) is 2. The maximum Gasteiger partial charge on any atom is 0.193 e. The number of halogens is 1. The van der Waals surface area contributed by atoms with E-state index in [1.807, 2.05) is 50.2 Å². The molecule has 0 spiro atoms. The van der Waals surface area contributed by atoms with Gasteiger partial charge in [0, 0.05) is 22.3 Å². The molecule has 0 saturated heterocycles. The fourth-order valence-electron chi connectivity index (χ4n) is 1.90. The number of amidine groups is 1. The van der Waals surface area contributed by atoms with Crippen molar-refractivity contribution >= 4 is 34.8 Å². The number of guanidine groups is 1. The van der Waals surface area contributed by atoms with E-state index in [1.54, 1.807) is 12.1 Å². The Bertz CT molecular complexity index is 703. The third-order valence-corrected chi connectivity index (χ3v) is 3.18. The highest BCUT2D eigenvalue weighted by molar-refractivity contribution is 6.30. The molecule has 0 amide bonds. The first-order valence-electron chi connectivity index (χ1n) is 7.24. The van der Waals surface area contributed by atoms with Gasteiger partial charge >= 0.3 is 0 Å². The van der Waals surface area contributed by atoms with Gasteiger partial charge in [-0.15, -0.1) is 0 Å². The van der Waals surface area contributed by atoms with Gasteiger partial charge in [-0.1, -0.05) is 11.6 Å². The Morgan fingerprint density at radius 2 is 1.61 bits per heavy atom. The van der Waals surface area contributed by atoms with E-state index >= 15 is 0 Å². The Labute approximate surface area is 141 Å². The molecule has 5 nitrogen and oxygen atoms in total. The van der Waals surface area contributed by atoms with E-state index in [0.29, 0.717) is 16.8 Å². The van der Waals surface area contributed by atoms with E-state index in [4.69, 9.17) is 23.1 Å². The summed E-state index contributed by atoms with van der Waals surface area (Å²) in [5, 5.41) is 3.69. The number of hydrogen-bond donors (Lipinski definition) is 3. The second-order valence-corrected chi connectivity index (χ2v) is 5.72. The maximum absolute atomic E-state index is 6.03. The first kappa shape index (κ1) is 16.8. The van der Waals surface area contributed by atoms with Crippen molar-refractivity contribution in [2.24, 2.45) is 21.5 Å². The zero-order valence-electron chi connectivity index (χ0n) is 13.1. The second kappa shape index (κ2) is 7.65. The monoisotopic (exact) mass is 329 g/mol. The number of aliphatic imine (C=N–C) groups is 2. The van der Waals surface area contributed by atoms with E-state index in [9.17, 15) is 0 Å². The van der Waals surface area contributed by atoms with Gasteiger partial charge in [0.2, 0.25) is 0 Å². The molecule has 0 heterocycles. The van der Waals surface area contributed by atoms with Gasteiger partial charge in [0.1, 0.15) is 5.84 Å². The Morgan fingerprint density at radius 3 is 2.17 bits per heavy atom. The minimum atomic E-state index is 0.143. The molecule has 2 rings (SSSR count). The summed E-state index contributed by atoms with van der Waals surface area (Å²) >= 11 is 5.85. The molecule has 0 saturated carbocycles. The predicted octanol–water partition coefficient (Wildman–Crippen LogP) is 3.51. The van der Waals surface area contributed by atoms with Gasteiger partial charge in [-0.05, 0) is 62.4 Å². The van der Waals surface area contributed by atoms with Crippen molar-refractivity contribution in [3.8, 4) is 0 Å². The van der Waals surface area contributed by atoms with Crippen LogP contribution in [0.1, 0.15) is 19.4 Å². The van der Waals surface area contributed by atoms with Crippen LogP contribution in [0.15, 0.2) is 58.5 Å². The number of hydrogen-bond acceptors (Lipinski definition) is 2. The lowest BCUT2D eigenvalue weighted by Crippen LogP contribution is -2.24. The minimum absolute atomic E-state index is 0.143. The molecule has 5 N–H and O–H groups in total. The highest BCUT2D eigenvalue weighted by Gasteiger charge is 2.01. The molecule has 6 heteroatoms. The molecule has 0 aliphatic rings. The predicted molar refractivity (Wildman–Crippen MR) is 98.7 cm³/mol. The van der Waals surface area contributed by atoms with E-state index < -0.39 is 0 Å². The topological polar surface area (TPSA) is 88.8 Å². The number of anilines is 1. The molecule has 2 aromatic carbocycles. The van der Waals surface area contributed by atoms with Gasteiger partial charge in [0.25, 0.3) is 0 Å². The Balaban J connectivity index is 2.11. The number of benzene rings is 2. The molecule has 0 radical (unpaired) electrons. The highest BCUT2D eigenvalue weighted by Crippen LogP contribution is 2.17. The molecule has 0 bridgehead atoms. The largest absolute Gasteiger partial charge is 0.383 e. The third kappa shape index (κ3) is 5.30. The van der Waals surface area contributed by atoms with Crippen LogP contribution in [0, 0.1) is 0 Å². The molecule has 120 valence electrons. The normalized spacial score (nSPS) is 12.5. The zero-order chi connectivity index (χ0) is 16.8. The van der Waals surface area contributed by atoms with Crippen molar-refractivity contribution in [1.82, 2.24) is 0 Å². The summed E-state index contributed by atoms with van der Waals surface area (Å²) in [6, 6.07) is 14.8. The standard InChI is InChI=1S/C17H20ClN5/c1-11(2)21-17(20)23-15-7-3-12(4-8-15)16(19)22-14-9-5-13(18)6-10-14/h3-11H,1-2H3,(H2,19,22)(H3,20,21,23). The summed E-state index contributed by atoms with van der Waals surface area (Å²) in [7, 11) is 0.